The van der Waals surface area contributed by atoms with Gasteiger partial charge in [-0.15, -0.1) is 5.10 Å². The standard InChI is InChI=1S/C37H35ClN4O4S/c1-4-44-32-20-28(18-19-31(32)45-21-27-16-14-24(2)15-17-27)34-33(35(43)46-22-26-10-6-5-7-11-26)25(3)39-36-40-37(41-42(34)36)47-23-29-12-8-9-13-30(29)38/h5-20,34H,4,21-23H2,1-3H3,(H,39,40,41). The maximum atomic E-state index is 13.8. The van der Waals surface area contributed by atoms with Gasteiger partial charge in [0.15, 0.2) is 11.5 Å². The van der Waals surface area contributed by atoms with Gasteiger partial charge in [-0.2, -0.15) is 4.98 Å². The summed E-state index contributed by atoms with van der Waals surface area (Å²) in [5.74, 6) is 1.83. The molecule has 0 saturated carbocycles. The van der Waals surface area contributed by atoms with Gasteiger partial charge in [-0.1, -0.05) is 108 Å². The lowest BCUT2D eigenvalue weighted by Crippen LogP contribution is -2.29. The molecule has 1 atom stereocenters. The summed E-state index contributed by atoms with van der Waals surface area (Å²) in [6, 6.07) is 30.6. The Morgan fingerprint density at radius 2 is 1.64 bits per heavy atom. The lowest BCUT2D eigenvalue weighted by Gasteiger charge is -2.28. The molecule has 0 radical (unpaired) electrons. The van der Waals surface area contributed by atoms with Crippen LogP contribution in [0.15, 0.2) is 113 Å². The Kier molecular flexibility index (Phi) is 10.1. The van der Waals surface area contributed by atoms with E-state index in [1.165, 1.54) is 17.3 Å². The second kappa shape index (κ2) is 14.8. The number of halogens is 1. The molecule has 4 aromatic carbocycles. The molecule has 10 heteroatoms. The first-order valence-electron chi connectivity index (χ1n) is 15.4. The molecule has 0 fully saturated rings. The van der Waals surface area contributed by atoms with Gasteiger partial charge >= 0.3 is 5.97 Å². The molecule has 1 N–H and O–H groups in total. The van der Waals surface area contributed by atoms with E-state index in [4.69, 9.17) is 35.9 Å². The zero-order valence-corrected chi connectivity index (χ0v) is 28.0. The van der Waals surface area contributed by atoms with E-state index in [0.29, 0.717) is 57.9 Å². The van der Waals surface area contributed by atoms with Crippen molar-refractivity contribution in [2.45, 2.75) is 50.9 Å². The summed E-state index contributed by atoms with van der Waals surface area (Å²) in [5.41, 5.74) is 5.96. The minimum Gasteiger partial charge on any atom is -0.490 e. The molecule has 5 aromatic rings. The molecule has 47 heavy (non-hydrogen) atoms. The number of hydrogen-bond acceptors (Lipinski definition) is 8. The van der Waals surface area contributed by atoms with Crippen molar-refractivity contribution >= 4 is 35.3 Å². The topological polar surface area (TPSA) is 87.5 Å². The molecule has 0 spiro atoms. The molecule has 6 rings (SSSR count). The predicted octanol–water partition coefficient (Wildman–Crippen LogP) is 8.54. The lowest BCUT2D eigenvalue weighted by molar-refractivity contribution is -0.140. The minimum atomic E-state index is -0.637. The van der Waals surface area contributed by atoms with Crippen LogP contribution in [0.5, 0.6) is 11.5 Å². The Hall–Kier alpha value is -4.73. The first-order chi connectivity index (χ1) is 22.9. The lowest BCUT2D eigenvalue weighted by atomic mass is 9.95. The number of aryl methyl sites for hydroxylation is 1. The SMILES string of the molecule is CCOc1cc(C2C(C(=O)OCc3ccccc3)=C(C)Nc3nc(SCc4ccccc4Cl)nn32)ccc1OCc1ccc(C)cc1. The molecule has 1 aromatic heterocycles. The highest BCUT2D eigenvalue weighted by Crippen LogP contribution is 2.40. The van der Waals surface area contributed by atoms with Gasteiger partial charge in [0.25, 0.3) is 0 Å². The van der Waals surface area contributed by atoms with Crippen LogP contribution in [-0.4, -0.2) is 27.3 Å². The smallest absolute Gasteiger partial charge is 0.338 e. The number of hydrogen-bond donors (Lipinski definition) is 1. The Morgan fingerprint density at radius 3 is 2.40 bits per heavy atom. The Morgan fingerprint density at radius 1 is 0.894 bits per heavy atom. The zero-order valence-electron chi connectivity index (χ0n) is 26.4. The Balaban J connectivity index is 1.33. The second-order valence-corrected chi connectivity index (χ2v) is 12.4. The molecule has 2 heterocycles. The van der Waals surface area contributed by atoms with E-state index in [0.717, 1.165) is 22.3 Å². The number of nitrogens with zero attached hydrogens (tertiary/aromatic N) is 3. The molecule has 1 unspecified atom stereocenters. The third-order valence-corrected chi connectivity index (χ3v) is 8.93. The van der Waals surface area contributed by atoms with Crippen molar-refractivity contribution in [1.29, 1.82) is 0 Å². The second-order valence-electron chi connectivity index (χ2n) is 11.1. The number of esters is 1. The number of ether oxygens (including phenoxy) is 3. The van der Waals surface area contributed by atoms with Crippen LogP contribution in [0.1, 0.15) is 47.7 Å². The number of carbonyl (C=O) groups is 1. The molecule has 1 aliphatic heterocycles. The highest BCUT2D eigenvalue weighted by molar-refractivity contribution is 7.98. The molecule has 0 amide bonds. The van der Waals surface area contributed by atoms with Gasteiger partial charge in [0.1, 0.15) is 19.3 Å². The van der Waals surface area contributed by atoms with Crippen molar-refractivity contribution in [3.05, 3.63) is 141 Å². The summed E-state index contributed by atoms with van der Waals surface area (Å²) < 4.78 is 19.9. The Labute approximate surface area is 283 Å². The fourth-order valence-electron chi connectivity index (χ4n) is 5.25. The summed E-state index contributed by atoms with van der Waals surface area (Å²) in [6.45, 7) is 6.80. The summed E-state index contributed by atoms with van der Waals surface area (Å²) in [5, 5.41) is 9.39. The van der Waals surface area contributed by atoms with Crippen LogP contribution in [0.3, 0.4) is 0 Å². The minimum absolute atomic E-state index is 0.141. The van der Waals surface area contributed by atoms with E-state index in [1.54, 1.807) is 4.68 Å². The molecule has 240 valence electrons. The first-order valence-corrected chi connectivity index (χ1v) is 16.7. The quantitative estimate of drug-likeness (QED) is 0.105. The summed E-state index contributed by atoms with van der Waals surface area (Å²) >= 11 is 7.88. The monoisotopic (exact) mass is 666 g/mol. The number of aromatic nitrogens is 3. The van der Waals surface area contributed by atoms with Gasteiger partial charge in [-0.05, 0) is 61.2 Å². The average molecular weight is 667 g/mol. The van der Waals surface area contributed by atoms with Crippen LogP contribution < -0.4 is 14.8 Å². The maximum Gasteiger partial charge on any atom is 0.338 e. The van der Waals surface area contributed by atoms with Crippen LogP contribution in [0.25, 0.3) is 0 Å². The normalized spacial score (nSPS) is 13.9. The van der Waals surface area contributed by atoms with E-state index < -0.39 is 12.0 Å². The highest BCUT2D eigenvalue weighted by Gasteiger charge is 2.36. The molecule has 8 nitrogen and oxygen atoms in total. The van der Waals surface area contributed by atoms with Crippen molar-refractivity contribution in [2.24, 2.45) is 0 Å². The maximum absolute atomic E-state index is 13.8. The van der Waals surface area contributed by atoms with Gasteiger partial charge in [0, 0.05) is 16.5 Å². The van der Waals surface area contributed by atoms with Crippen molar-refractivity contribution in [3.63, 3.8) is 0 Å². The van der Waals surface area contributed by atoms with E-state index in [9.17, 15) is 4.79 Å². The summed E-state index contributed by atoms with van der Waals surface area (Å²) in [6.07, 6.45) is 0. The highest BCUT2D eigenvalue weighted by atomic mass is 35.5. The van der Waals surface area contributed by atoms with Crippen LogP contribution in [-0.2, 0) is 28.5 Å². The van der Waals surface area contributed by atoms with Gasteiger partial charge < -0.3 is 19.5 Å². The van der Waals surface area contributed by atoms with Crippen LogP contribution in [0.4, 0.5) is 5.95 Å². The number of fused-ring (bicyclic) bond motifs is 1. The predicted molar refractivity (Wildman–Crippen MR) is 185 cm³/mol. The largest absolute Gasteiger partial charge is 0.490 e. The molecule has 1 aliphatic rings. The Bertz CT molecular complexity index is 1890. The van der Waals surface area contributed by atoms with Gasteiger partial charge in [-0.3, -0.25) is 0 Å². The molecular formula is C37H35ClN4O4S. The molecule has 0 saturated heterocycles. The number of nitrogens with one attached hydrogen (secondary N) is 1. The van der Waals surface area contributed by atoms with Gasteiger partial charge in [0.05, 0.1) is 12.2 Å². The van der Waals surface area contributed by atoms with E-state index in [1.807, 2.05) is 98.8 Å². The first kappa shape index (κ1) is 32.2. The van der Waals surface area contributed by atoms with E-state index in [2.05, 4.69) is 24.4 Å². The molecular weight excluding hydrogens is 632 g/mol. The summed E-state index contributed by atoms with van der Waals surface area (Å²) in [4.78, 5) is 18.6. The van der Waals surface area contributed by atoms with Crippen LogP contribution >= 0.6 is 23.4 Å². The summed E-state index contributed by atoms with van der Waals surface area (Å²) in [7, 11) is 0. The third-order valence-electron chi connectivity index (χ3n) is 7.68. The average Bonchev–Trinajstić information content (AvgIpc) is 3.49. The van der Waals surface area contributed by atoms with E-state index in [-0.39, 0.29) is 6.61 Å². The van der Waals surface area contributed by atoms with Crippen molar-refractivity contribution in [3.8, 4) is 11.5 Å². The van der Waals surface area contributed by atoms with Crippen molar-refractivity contribution in [2.75, 3.05) is 11.9 Å². The fourth-order valence-corrected chi connectivity index (χ4v) is 6.37. The van der Waals surface area contributed by atoms with Gasteiger partial charge in [-0.25, -0.2) is 9.48 Å². The van der Waals surface area contributed by atoms with E-state index >= 15 is 0 Å². The third kappa shape index (κ3) is 7.64. The number of benzene rings is 4. The van der Waals surface area contributed by atoms with Crippen molar-refractivity contribution in [1.82, 2.24) is 14.8 Å². The van der Waals surface area contributed by atoms with Gasteiger partial charge in [0.2, 0.25) is 11.1 Å². The fraction of sp³-hybridized carbons (Fsp3) is 0.216. The molecule has 0 bridgehead atoms. The number of carbonyl (C=O) groups excluding carboxylic acids is 1. The van der Waals surface area contributed by atoms with Crippen molar-refractivity contribution < 1.29 is 19.0 Å². The van der Waals surface area contributed by atoms with Crippen LogP contribution in [0.2, 0.25) is 5.02 Å². The molecule has 0 aliphatic carbocycles. The number of rotatable bonds is 12. The zero-order chi connectivity index (χ0) is 32.8. The number of thioether (sulfide) groups is 1. The number of allylic oxidation sites excluding steroid dienone is 1. The number of anilines is 1. The van der Waals surface area contributed by atoms with Crippen LogP contribution in [0, 0.1) is 6.92 Å².